The number of hydrogen-bond acceptors (Lipinski definition) is 4. The van der Waals surface area contributed by atoms with Gasteiger partial charge in [0.05, 0.1) is 0 Å². The Balaban J connectivity index is 2.12. The largest absolute Gasteiger partial charge is 0.339 e. The van der Waals surface area contributed by atoms with Crippen molar-refractivity contribution in [3.05, 3.63) is 40.9 Å². The zero-order valence-electron chi connectivity index (χ0n) is 12.0. The number of likely N-dealkylation sites (N-methyl/N-ethyl adjacent to an activating group) is 2. The van der Waals surface area contributed by atoms with Crippen LogP contribution in [0.15, 0.2) is 29.6 Å². The number of hydrogen-bond donors (Lipinski definition) is 1. The highest BCUT2D eigenvalue weighted by atomic mass is 32.1. The number of carbonyl (C=O) groups is 1. The van der Waals surface area contributed by atoms with Crippen molar-refractivity contribution in [1.82, 2.24) is 15.2 Å². The molecular formula is C15H19N3OS. The van der Waals surface area contributed by atoms with Gasteiger partial charge in [0.25, 0.3) is 5.91 Å². The first kappa shape index (κ1) is 14.7. The monoisotopic (exact) mass is 289 g/mol. The summed E-state index contributed by atoms with van der Waals surface area (Å²) in [6, 6.07) is 8.18. The van der Waals surface area contributed by atoms with Gasteiger partial charge < -0.3 is 10.2 Å². The number of carbonyl (C=O) groups excluding carboxylic acids is 1. The van der Waals surface area contributed by atoms with Crippen LogP contribution in [-0.2, 0) is 0 Å². The van der Waals surface area contributed by atoms with Gasteiger partial charge in [0.15, 0.2) is 0 Å². The Morgan fingerprint density at radius 1 is 1.35 bits per heavy atom. The highest BCUT2D eigenvalue weighted by Crippen LogP contribution is 2.24. The SMILES string of the molecule is CNCCN(C)C(=O)c1csc(-c2ccc(C)cc2)n1. The normalized spacial score (nSPS) is 10.6. The predicted octanol–water partition coefficient (Wildman–Crippen LogP) is 2.41. The molecule has 1 aromatic heterocycles. The summed E-state index contributed by atoms with van der Waals surface area (Å²) in [7, 11) is 3.67. The summed E-state index contributed by atoms with van der Waals surface area (Å²) in [4.78, 5) is 18.3. The minimum atomic E-state index is -0.0325. The highest BCUT2D eigenvalue weighted by Gasteiger charge is 2.15. The molecule has 106 valence electrons. The van der Waals surface area contributed by atoms with Gasteiger partial charge in [-0.25, -0.2) is 4.98 Å². The van der Waals surface area contributed by atoms with E-state index in [0.717, 1.165) is 17.1 Å². The highest BCUT2D eigenvalue weighted by molar-refractivity contribution is 7.13. The Morgan fingerprint density at radius 2 is 2.05 bits per heavy atom. The molecule has 0 aliphatic heterocycles. The van der Waals surface area contributed by atoms with Gasteiger partial charge >= 0.3 is 0 Å². The van der Waals surface area contributed by atoms with Gasteiger partial charge in [0.1, 0.15) is 10.7 Å². The van der Waals surface area contributed by atoms with Crippen LogP contribution < -0.4 is 5.32 Å². The summed E-state index contributed by atoms with van der Waals surface area (Å²) in [5.41, 5.74) is 2.79. The minimum absolute atomic E-state index is 0.0325. The fraction of sp³-hybridized carbons (Fsp3) is 0.333. The van der Waals surface area contributed by atoms with Crippen molar-refractivity contribution in [3.8, 4) is 10.6 Å². The van der Waals surface area contributed by atoms with Gasteiger partial charge in [-0.05, 0) is 14.0 Å². The Hall–Kier alpha value is -1.72. The van der Waals surface area contributed by atoms with Gasteiger partial charge in [-0.2, -0.15) is 0 Å². The zero-order chi connectivity index (χ0) is 14.5. The number of thiazole rings is 1. The molecule has 0 fully saturated rings. The molecule has 1 amide bonds. The molecule has 0 unspecified atom stereocenters. The van der Waals surface area contributed by atoms with Gasteiger partial charge in [0, 0.05) is 31.1 Å². The lowest BCUT2D eigenvalue weighted by atomic mass is 10.2. The molecule has 2 rings (SSSR count). The van der Waals surface area contributed by atoms with Crippen molar-refractivity contribution in [2.75, 3.05) is 27.2 Å². The van der Waals surface area contributed by atoms with E-state index < -0.39 is 0 Å². The van der Waals surface area contributed by atoms with Crippen LogP contribution in [0, 0.1) is 6.92 Å². The molecule has 0 aliphatic carbocycles. The van der Waals surface area contributed by atoms with Crippen LogP contribution in [0.4, 0.5) is 0 Å². The van der Waals surface area contributed by atoms with E-state index in [4.69, 9.17) is 0 Å². The molecule has 20 heavy (non-hydrogen) atoms. The smallest absolute Gasteiger partial charge is 0.273 e. The lowest BCUT2D eigenvalue weighted by Crippen LogP contribution is -2.32. The first-order valence-electron chi connectivity index (χ1n) is 6.54. The lowest BCUT2D eigenvalue weighted by Gasteiger charge is -2.15. The maximum absolute atomic E-state index is 12.2. The molecule has 1 aromatic carbocycles. The van der Waals surface area contributed by atoms with E-state index in [1.165, 1.54) is 16.9 Å². The average molecular weight is 289 g/mol. The van der Waals surface area contributed by atoms with Crippen molar-refractivity contribution in [3.63, 3.8) is 0 Å². The Labute approximate surface area is 123 Å². The number of aromatic nitrogens is 1. The number of nitrogens with zero attached hydrogens (tertiary/aromatic N) is 2. The Morgan fingerprint density at radius 3 is 2.70 bits per heavy atom. The molecule has 4 nitrogen and oxygen atoms in total. The van der Waals surface area contributed by atoms with E-state index in [0.29, 0.717) is 12.2 Å². The quantitative estimate of drug-likeness (QED) is 0.919. The van der Waals surface area contributed by atoms with E-state index in [-0.39, 0.29) is 5.91 Å². The predicted molar refractivity (Wildman–Crippen MR) is 83.2 cm³/mol. The summed E-state index contributed by atoms with van der Waals surface area (Å²) >= 11 is 1.50. The van der Waals surface area contributed by atoms with Crippen LogP contribution in [-0.4, -0.2) is 43.0 Å². The van der Waals surface area contributed by atoms with Crippen molar-refractivity contribution in [2.24, 2.45) is 0 Å². The fourth-order valence-electron chi connectivity index (χ4n) is 1.78. The molecule has 0 saturated carbocycles. The third-order valence-corrected chi connectivity index (χ3v) is 3.96. The first-order chi connectivity index (χ1) is 9.61. The number of amides is 1. The maximum Gasteiger partial charge on any atom is 0.273 e. The van der Waals surface area contributed by atoms with Crippen LogP contribution in [0.5, 0.6) is 0 Å². The van der Waals surface area contributed by atoms with Gasteiger partial charge in [-0.3, -0.25) is 4.79 Å². The van der Waals surface area contributed by atoms with Crippen molar-refractivity contribution < 1.29 is 4.79 Å². The van der Waals surface area contributed by atoms with Gasteiger partial charge in [0.2, 0.25) is 0 Å². The molecule has 1 N–H and O–H groups in total. The van der Waals surface area contributed by atoms with Crippen LogP contribution >= 0.6 is 11.3 Å². The number of aryl methyl sites for hydroxylation is 1. The van der Waals surface area contributed by atoms with Crippen LogP contribution in [0.1, 0.15) is 16.1 Å². The van der Waals surface area contributed by atoms with E-state index in [1.807, 2.05) is 24.6 Å². The minimum Gasteiger partial charge on any atom is -0.339 e. The lowest BCUT2D eigenvalue weighted by molar-refractivity contribution is 0.0792. The molecule has 0 saturated heterocycles. The van der Waals surface area contributed by atoms with Crippen LogP contribution in [0.2, 0.25) is 0 Å². The summed E-state index contributed by atoms with van der Waals surface area (Å²) in [5.74, 6) is -0.0325. The van der Waals surface area contributed by atoms with E-state index in [1.54, 1.807) is 11.9 Å². The first-order valence-corrected chi connectivity index (χ1v) is 7.42. The van der Waals surface area contributed by atoms with Crippen LogP contribution in [0.3, 0.4) is 0 Å². The van der Waals surface area contributed by atoms with Crippen molar-refractivity contribution in [1.29, 1.82) is 0 Å². The van der Waals surface area contributed by atoms with Gasteiger partial charge in [-0.1, -0.05) is 29.8 Å². The Bertz CT molecular complexity index is 577. The number of nitrogens with one attached hydrogen (secondary N) is 1. The molecule has 5 heteroatoms. The van der Waals surface area contributed by atoms with Crippen LogP contribution in [0.25, 0.3) is 10.6 Å². The molecule has 0 bridgehead atoms. The molecular weight excluding hydrogens is 270 g/mol. The number of benzene rings is 1. The zero-order valence-corrected chi connectivity index (χ0v) is 12.8. The number of rotatable bonds is 5. The van der Waals surface area contributed by atoms with Crippen molar-refractivity contribution >= 4 is 17.2 Å². The third kappa shape index (κ3) is 3.43. The molecule has 1 heterocycles. The van der Waals surface area contributed by atoms with Crippen molar-refractivity contribution in [2.45, 2.75) is 6.92 Å². The Kier molecular flexibility index (Phi) is 4.87. The second-order valence-corrected chi connectivity index (χ2v) is 5.59. The second-order valence-electron chi connectivity index (χ2n) is 4.73. The van der Waals surface area contributed by atoms with E-state index in [2.05, 4.69) is 29.4 Å². The van der Waals surface area contributed by atoms with E-state index in [9.17, 15) is 4.79 Å². The molecule has 0 atom stereocenters. The molecule has 2 aromatic rings. The standard InChI is InChI=1S/C15H19N3OS/c1-11-4-6-12(7-5-11)14-17-13(10-20-14)15(19)18(3)9-8-16-2/h4-7,10,16H,8-9H2,1-3H3. The maximum atomic E-state index is 12.2. The fourth-order valence-corrected chi connectivity index (χ4v) is 2.58. The summed E-state index contributed by atoms with van der Waals surface area (Å²) in [6.45, 7) is 3.50. The molecule has 0 radical (unpaired) electrons. The van der Waals surface area contributed by atoms with Gasteiger partial charge in [-0.15, -0.1) is 11.3 Å². The molecule has 0 spiro atoms. The third-order valence-electron chi connectivity index (χ3n) is 3.07. The summed E-state index contributed by atoms with van der Waals surface area (Å²) in [6.07, 6.45) is 0. The summed E-state index contributed by atoms with van der Waals surface area (Å²) in [5, 5.41) is 5.74. The topological polar surface area (TPSA) is 45.2 Å². The molecule has 0 aliphatic rings. The average Bonchev–Trinajstić information content (AvgIpc) is 2.94. The summed E-state index contributed by atoms with van der Waals surface area (Å²) < 4.78 is 0. The second kappa shape index (κ2) is 6.63. The van der Waals surface area contributed by atoms with E-state index >= 15 is 0 Å².